The van der Waals surface area contributed by atoms with Crippen molar-refractivity contribution in [2.24, 2.45) is 35.5 Å². The molecule has 9 aromatic carbocycles. The number of ether oxygens (including phenoxy) is 5. The van der Waals surface area contributed by atoms with Crippen molar-refractivity contribution in [2.75, 3.05) is 63.2 Å². The average Bonchev–Trinajstić information content (AvgIpc) is 1.20. The topological polar surface area (TPSA) is 249 Å². The molecule has 11 heterocycles. The minimum absolute atomic E-state index is 0. The van der Waals surface area contributed by atoms with Crippen molar-refractivity contribution in [1.29, 1.82) is 0 Å². The van der Waals surface area contributed by atoms with Gasteiger partial charge >= 0.3 is 103 Å². The van der Waals surface area contributed by atoms with Crippen molar-refractivity contribution in [2.45, 2.75) is 113 Å². The summed E-state index contributed by atoms with van der Waals surface area (Å²) in [7, 11) is 0. The molecule has 10 aliphatic heterocycles. The quantitative estimate of drug-likeness (QED) is 0.0356. The summed E-state index contributed by atoms with van der Waals surface area (Å²) in [4.78, 5) is 103. The van der Waals surface area contributed by atoms with Crippen LogP contribution in [0.15, 0.2) is 275 Å². The average molecular weight is 1920 g/mol. The van der Waals surface area contributed by atoms with Crippen molar-refractivity contribution >= 4 is 87.0 Å². The second-order valence-electron chi connectivity index (χ2n) is 34.3. The number of fused-ring (bicyclic) bond motifs is 19. The second-order valence-corrected chi connectivity index (χ2v) is 38.0. The molecule has 1 aromatic heterocycles. The number of hydrogen-bond donors (Lipinski definition) is 1. The number of aromatic nitrogens is 1. The third-order valence-corrected chi connectivity index (χ3v) is 30.7. The molecule has 3 saturated carbocycles. The van der Waals surface area contributed by atoms with Crippen LogP contribution in [0.25, 0.3) is 0 Å². The van der Waals surface area contributed by atoms with Crippen molar-refractivity contribution in [3.05, 3.63) is 338 Å². The van der Waals surface area contributed by atoms with Crippen LogP contribution >= 0.6 is 51.2 Å². The Hall–Kier alpha value is -8.17. The van der Waals surface area contributed by atoms with Crippen LogP contribution in [-0.4, -0.2) is 163 Å². The van der Waals surface area contributed by atoms with E-state index in [0.717, 1.165) is 108 Å². The number of hydrogen-bond acceptors (Lipinski definition) is 23. The van der Waals surface area contributed by atoms with E-state index in [0.29, 0.717) is 88.4 Å². The zero-order valence-electron chi connectivity index (χ0n) is 72.8. The molecule has 23 rings (SSSR count). The van der Waals surface area contributed by atoms with Crippen LogP contribution in [0.2, 0.25) is 0 Å². The van der Waals surface area contributed by atoms with Gasteiger partial charge in [-0.1, -0.05) is 198 Å². The third kappa shape index (κ3) is 18.9. The van der Waals surface area contributed by atoms with E-state index in [-0.39, 0.29) is 201 Å². The van der Waals surface area contributed by atoms with Crippen molar-refractivity contribution in [3.63, 3.8) is 0 Å². The minimum atomic E-state index is -0.960. The molecule has 3 aliphatic carbocycles. The van der Waals surface area contributed by atoms with E-state index in [9.17, 15) is 33.9 Å². The Balaban J connectivity index is 0.000000133. The van der Waals surface area contributed by atoms with Gasteiger partial charge in [0.2, 0.25) is 5.43 Å². The molecule has 14 unspecified atom stereocenters. The zero-order valence-corrected chi connectivity index (χ0v) is 82.1. The maximum atomic E-state index is 14.3. The van der Waals surface area contributed by atoms with E-state index in [1.54, 1.807) is 42.5 Å². The molecule has 10 aromatic rings. The second kappa shape index (κ2) is 41.0. The molecule has 1 N–H and O–H groups in total. The fourth-order valence-corrected chi connectivity index (χ4v) is 23.6. The van der Waals surface area contributed by atoms with Gasteiger partial charge in [0.05, 0.1) is 51.8 Å². The number of hydrazine groups is 2. The van der Waals surface area contributed by atoms with Crippen LogP contribution in [0.1, 0.15) is 116 Å². The summed E-state index contributed by atoms with van der Waals surface area (Å²) in [6, 6.07) is 72.0. The summed E-state index contributed by atoms with van der Waals surface area (Å²) in [6.45, 7) is 4.86. The maximum Gasteiger partial charge on any atom is 1.00 e. The molecule has 3 amide bonds. The minimum Gasteiger partial charge on any atom is -1.00 e. The number of nitrogens with zero attached hydrogens (tertiary/aromatic N) is 9. The Labute approximate surface area is 861 Å². The van der Waals surface area contributed by atoms with E-state index in [4.69, 9.17) is 33.7 Å². The molecule has 30 heteroatoms. The van der Waals surface area contributed by atoms with E-state index >= 15 is 0 Å². The Kier molecular flexibility index (Phi) is 29.1. The number of ketones is 2. The molecular weight excluding hydrogens is 1820 g/mol. The number of aromatic hydroxyl groups is 1. The molecule has 130 heavy (non-hydrogen) atoms. The number of amides is 3. The Bertz CT molecular complexity index is 6040. The molecule has 656 valence electrons. The van der Waals surface area contributed by atoms with Gasteiger partial charge in [-0.15, -0.1) is 35.3 Å². The van der Waals surface area contributed by atoms with Gasteiger partial charge in [0.1, 0.15) is 36.6 Å². The molecule has 0 spiro atoms. The number of phenolic OH excluding ortho intramolecular Hbond substituents is 1. The van der Waals surface area contributed by atoms with Gasteiger partial charge in [-0.05, 0) is 141 Å². The number of rotatable bonds is 14. The first kappa shape index (κ1) is 92.3. The number of carbonyl (C=O) groups is 6. The SMILES string of the molecule is O=C1C=CN2C(C(=O)N(CC3CC3CBr)CN2C2c3ccccc3SCc3cccc(O)c32)C1OCc1ccccc1.O=C1C=CN2C(C(=O)N3CC4CC4COc4cccc5c4C(c4ccccc4SC5)N2C3)C1OCc1ccccc1.O=C1c2c(OCc3ccccc3)c(=O)ccn2N2CN1CC1CC1COc1cccc3c1C2c1ccccc1SC3.O=CO[O-].[H-].[K+].[K+]. The molecular formula is C100H94BrK2N9O15S3. The van der Waals surface area contributed by atoms with Crippen LogP contribution < -0.4 is 133 Å². The monoisotopic (exact) mass is 1910 g/mol. The third-order valence-electron chi connectivity index (χ3n) is 26.4. The molecule has 2 saturated heterocycles. The largest absolute Gasteiger partial charge is 1.00 e. The van der Waals surface area contributed by atoms with E-state index in [2.05, 4.69) is 139 Å². The fraction of sp³-hybridized carbons (Fsp3) is 0.310. The summed E-state index contributed by atoms with van der Waals surface area (Å²) in [5, 5.41) is 31.2. The van der Waals surface area contributed by atoms with Gasteiger partial charge in [0.15, 0.2) is 47.3 Å². The number of pyridine rings is 1. The summed E-state index contributed by atoms with van der Waals surface area (Å²) in [5.74, 6) is 6.36. The smallest absolute Gasteiger partial charge is 1.00 e. The van der Waals surface area contributed by atoms with Gasteiger partial charge in [0, 0.05) is 110 Å². The predicted molar refractivity (Wildman–Crippen MR) is 484 cm³/mol. The van der Waals surface area contributed by atoms with E-state index in [1.165, 1.54) is 38.6 Å². The summed E-state index contributed by atoms with van der Waals surface area (Å²) < 4.78 is 33.8. The van der Waals surface area contributed by atoms with Gasteiger partial charge in [-0.25, -0.2) is 0 Å². The van der Waals surface area contributed by atoms with Gasteiger partial charge in [-0.3, -0.25) is 53.3 Å². The number of carbonyl (C=O) groups excluding carboxylic acids is 6. The van der Waals surface area contributed by atoms with Crippen molar-refractivity contribution in [3.8, 4) is 23.0 Å². The van der Waals surface area contributed by atoms with Crippen LogP contribution in [-0.2, 0) is 75.4 Å². The number of thioether (sulfide) groups is 3. The summed E-state index contributed by atoms with van der Waals surface area (Å²) >= 11 is 9.02. The number of phenols is 1. The first-order valence-corrected chi connectivity index (χ1v) is 47.5. The standard InChI is InChI=1S/C33H32BrN3O4S.C33H31N3O4S.C33H29N3O4S.CH2O3.2K.H/c34-16-23-15-24(23)17-35-20-37(30-25-10-4-5-12-28(25)42-19-22-9-6-11-26(38)29(22)30)36-14-13-27(39)32(31(36)33(35)40)41-18-21-7-2-1-3-8-21;2*37-26-13-14-35-31(32(26)40-17-21-7-2-1-3-8-21)33(38)34-16-23-15-24(23)18-39-27-11-6-9-22-19-41-28-12-5-4-10-25(28)30(29(22)27)36(35)20-34;2-1-4-3;;;/h1-14,23-24,30-32,38H,15-20H2;1-14,23-24,30-32H,15-20H2;1-14,23-24,30H,15-20H2;1,3H;;;/q;;;;2*+1;-1/p-1. The van der Waals surface area contributed by atoms with Crippen LogP contribution in [0.5, 0.6) is 23.0 Å². The Morgan fingerprint density at radius 1 is 0.485 bits per heavy atom. The van der Waals surface area contributed by atoms with E-state index in [1.807, 2.05) is 162 Å². The maximum absolute atomic E-state index is 14.3. The van der Waals surface area contributed by atoms with Crippen LogP contribution in [0.3, 0.4) is 0 Å². The van der Waals surface area contributed by atoms with Crippen molar-refractivity contribution in [1.82, 2.24) is 39.4 Å². The first-order chi connectivity index (χ1) is 62.7. The van der Waals surface area contributed by atoms with Gasteiger partial charge in [0.25, 0.3) is 24.2 Å². The van der Waals surface area contributed by atoms with Crippen LogP contribution in [0, 0.1) is 35.5 Å². The normalized spacial score (nSPS) is 25.2. The predicted octanol–water partition coefficient (Wildman–Crippen LogP) is 8.02. The van der Waals surface area contributed by atoms with Crippen molar-refractivity contribution < 1.29 is 172 Å². The summed E-state index contributed by atoms with van der Waals surface area (Å²) in [6.07, 6.45) is 9.61. The number of alkyl halides is 1. The molecule has 14 atom stereocenters. The molecule has 24 nitrogen and oxygen atoms in total. The molecule has 0 radical (unpaired) electrons. The molecule has 4 bridgehead atoms. The first-order valence-electron chi connectivity index (χ1n) is 43.4. The van der Waals surface area contributed by atoms with Gasteiger partial charge < -0.3 is 55.1 Å². The molecule has 5 fully saturated rings. The summed E-state index contributed by atoms with van der Waals surface area (Å²) in [5.41, 5.74) is 12.8. The number of halogens is 1. The van der Waals surface area contributed by atoms with Crippen LogP contribution in [0.4, 0.5) is 0 Å². The Morgan fingerprint density at radius 3 is 1.44 bits per heavy atom. The zero-order chi connectivity index (χ0) is 87.2. The fourth-order valence-electron chi connectivity index (χ4n) is 19.6. The van der Waals surface area contributed by atoms with Gasteiger partial charge in [-0.2, -0.15) is 10.0 Å². The number of benzene rings is 9. The molecule has 13 aliphatic rings. The Morgan fingerprint density at radius 2 is 0.931 bits per heavy atom. The van der Waals surface area contributed by atoms with E-state index < -0.39 is 24.3 Å².